The van der Waals surface area contributed by atoms with Gasteiger partial charge in [0.25, 0.3) is 0 Å². The van der Waals surface area contributed by atoms with E-state index >= 15 is 0 Å². The van der Waals surface area contributed by atoms with E-state index in [1.54, 1.807) is 13.1 Å². The SMILES string of the molecule is CC(=O)C1=CNC2NNCC2=C1.[HH]. The predicted octanol–water partition coefficient (Wildman–Crippen LogP) is -0.331. The molecule has 2 rings (SSSR count). The van der Waals surface area contributed by atoms with Gasteiger partial charge in [0.1, 0.15) is 6.17 Å². The van der Waals surface area contributed by atoms with Crippen LogP contribution in [0.15, 0.2) is 23.4 Å². The lowest BCUT2D eigenvalue weighted by Crippen LogP contribution is -2.40. The van der Waals surface area contributed by atoms with Crippen molar-refractivity contribution in [2.24, 2.45) is 0 Å². The van der Waals surface area contributed by atoms with Crippen LogP contribution >= 0.6 is 0 Å². The number of hydrogen-bond donors (Lipinski definition) is 3. The molecule has 0 aliphatic carbocycles. The maximum Gasteiger partial charge on any atom is 0.161 e. The molecule has 66 valence electrons. The second-order valence-electron chi connectivity index (χ2n) is 2.97. The summed E-state index contributed by atoms with van der Waals surface area (Å²) in [6, 6.07) is 0. The summed E-state index contributed by atoms with van der Waals surface area (Å²) in [4.78, 5) is 11.0. The Morgan fingerprint density at radius 2 is 2.58 bits per heavy atom. The Kier molecular flexibility index (Phi) is 1.71. The van der Waals surface area contributed by atoms with E-state index < -0.39 is 0 Å². The summed E-state index contributed by atoms with van der Waals surface area (Å²) >= 11 is 0. The van der Waals surface area contributed by atoms with E-state index in [4.69, 9.17) is 0 Å². The number of fused-ring (bicyclic) bond motifs is 1. The quantitative estimate of drug-likeness (QED) is 0.500. The molecule has 0 spiro atoms. The Morgan fingerprint density at radius 1 is 1.75 bits per heavy atom. The Morgan fingerprint density at radius 3 is 3.33 bits per heavy atom. The third-order valence-electron chi connectivity index (χ3n) is 2.06. The third-order valence-corrected chi connectivity index (χ3v) is 2.06. The molecule has 0 aromatic rings. The highest BCUT2D eigenvalue weighted by molar-refractivity contribution is 5.96. The Hall–Kier alpha value is -1.13. The molecule has 1 unspecified atom stereocenters. The minimum Gasteiger partial charge on any atom is -0.371 e. The van der Waals surface area contributed by atoms with Gasteiger partial charge < -0.3 is 5.32 Å². The van der Waals surface area contributed by atoms with Gasteiger partial charge in [-0.3, -0.25) is 10.2 Å². The van der Waals surface area contributed by atoms with E-state index in [9.17, 15) is 4.79 Å². The minimum atomic E-state index is 0. The molecule has 0 aromatic heterocycles. The van der Waals surface area contributed by atoms with E-state index in [0.29, 0.717) is 0 Å². The fourth-order valence-corrected chi connectivity index (χ4v) is 1.35. The van der Waals surface area contributed by atoms with Crippen molar-refractivity contribution in [1.82, 2.24) is 16.2 Å². The lowest BCUT2D eigenvalue weighted by atomic mass is 10.1. The lowest BCUT2D eigenvalue weighted by Gasteiger charge is -2.17. The van der Waals surface area contributed by atoms with Gasteiger partial charge in [-0.05, 0) is 18.6 Å². The lowest BCUT2D eigenvalue weighted by molar-refractivity contribution is -0.113. The first-order chi connectivity index (χ1) is 5.77. The van der Waals surface area contributed by atoms with Crippen molar-refractivity contribution in [2.75, 3.05) is 6.54 Å². The summed E-state index contributed by atoms with van der Waals surface area (Å²) in [7, 11) is 0. The molecule has 3 N–H and O–H groups in total. The van der Waals surface area contributed by atoms with Crippen molar-refractivity contribution in [3.63, 3.8) is 0 Å². The Labute approximate surface area is 72.2 Å². The van der Waals surface area contributed by atoms with E-state index in [1.807, 2.05) is 6.08 Å². The maximum absolute atomic E-state index is 11.0. The molecule has 0 radical (unpaired) electrons. The molecule has 1 saturated heterocycles. The number of nitrogens with one attached hydrogen (secondary N) is 3. The molecule has 4 heteroatoms. The summed E-state index contributed by atoms with van der Waals surface area (Å²) in [5.74, 6) is 0.0975. The minimum absolute atomic E-state index is 0. The van der Waals surface area contributed by atoms with Gasteiger partial charge in [0.2, 0.25) is 0 Å². The van der Waals surface area contributed by atoms with Crippen molar-refractivity contribution in [3.05, 3.63) is 23.4 Å². The molecule has 2 heterocycles. The van der Waals surface area contributed by atoms with Crippen LogP contribution in [-0.2, 0) is 4.79 Å². The summed E-state index contributed by atoms with van der Waals surface area (Å²) in [6.45, 7) is 2.36. The number of Topliss-reactive ketones (excluding diaryl/α,β-unsaturated/α-hetero) is 1. The highest BCUT2D eigenvalue weighted by Gasteiger charge is 2.22. The van der Waals surface area contributed by atoms with Crippen LogP contribution in [0.5, 0.6) is 0 Å². The molecule has 1 atom stereocenters. The monoisotopic (exact) mass is 167 g/mol. The zero-order valence-electron chi connectivity index (χ0n) is 6.85. The van der Waals surface area contributed by atoms with Crippen LogP contribution in [0.1, 0.15) is 8.35 Å². The summed E-state index contributed by atoms with van der Waals surface area (Å²) in [5, 5.41) is 3.09. The van der Waals surface area contributed by atoms with E-state index in [2.05, 4.69) is 16.2 Å². The molecule has 0 aromatic carbocycles. The molecule has 4 nitrogen and oxygen atoms in total. The van der Waals surface area contributed by atoms with Crippen molar-refractivity contribution in [3.8, 4) is 0 Å². The fraction of sp³-hybridized carbons (Fsp3) is 0.375. The first-order valence-electron chi connectivity index (χ1n) is 3.93. The van der Waals surface area contributed by atoms with Crippen LogP contribution in [0.3, 0.4) is 0 Å². The summed E-state index contributed by atoms with van der Waals surface area (Å²) in [5.41, 5.74) is 7.96. The number of hydrazine groups is 1. The van der Waals surface area contributed by atoms with Crippen LogP contribution in [0.4, 0.5) is 0 Å². The molecular weight excluding hydrogens is 154 g/mol. The van der Waals surface area contributed by atoms with Gasteiger partial charge >= 0.3 is 0 Å². The molecular formula is C8H13N3O. The highest BCUT2D eigenvalue weighted by atomic mass is 16.1. The number of hydrogen-bond acceptors (Lipinski definition) is 4. The molecule has 12 heavy (non-hydrogen) atoms. The predicted molar refractivity (Wildman–Crippen MR) is 47.0 cm³/mol. The topological polar surface area (TPSA) is 53.2 Å². The Balaban J connectivity index is 0.000000845. The molecule has 2 aliphatic rings. The summed E-state index contributed by atoms with van der Waals surface area (Å²) in [6.07, 6.45) is 3.83. The van der Waals surface area contributed by atoms with Crippen molar-refractivity contribution < 1.29 is 6.22 Å². The Bertz CT molecular complexity index is 285. The van der Waals surface area contributed by atoms with Gasteiger partial charge in [0.15, 0.2) is 5.78 Å². The number of carbonyl (C=O) groups excluding carboxylic acids is 1. The average Bonchev–Trinajstić information content (AvgIpc) is 2.49. The van der Waals surface area contributed by atoms with Gasteiger partial charge in [-0.25, -0.2) is 5.43 Å². The second kappa shape index (κ2) is 2.73. The fourth-order valence-electron chi connectivity index (χ4n) is 1.35. The normalized spacial score (nSPS) is 26.9. The van der Waals surface area contributed by atoms with Crippen LogP contribution in [0, 0.1) is 0 Å². The van der Waals surface area contributed by atoms with Crippen molar-refractivity contribution in [1.29, 1.82) is 0 Å². The first kappa shape index (κ1) is 7.52. The number of ketones is 1. The van der Waals surface area contributed by atoms with Gasteiger partial charge in [-0.1, -0.05) is 0 Å². The van der Waals surface area contributed by atoms with Gasteiger partial charge in [-0.15, -0.1) is 0 Å². The van der Waals surface area contributed by atoms with Gasteiger partial charge in [0.05, 0.1) is 0 Å². The molecule has 0 amide bonds. The van der Waals surface area contributed by atoms with E-state index in [0.717, 1.165) is 12.1 Å². The largest absolute Gasteiger partial charge is 0.371 e. The van der Waals surface area contributed by atoms with Crippen LogP contribution < -0.4 is 16.2 Å². The zero-order chi connectivity index (χ0) is 8.55. The standard InChI is InChI=1S/C8H11N3O.H2/c1-5(12)6-2-7-4-10-11-8(7)9-3-6;/h2-3,8-11H,4H2,1H3;1H. The molecule has 0 bridgehead atoms. The average molecular weight is 167 g/mol. The summed E-state index contributed by atoms with van der Waals surface area (Å²) < 4.78 is 0. The van der Waals surface area contributed by atoms with Crippen molar-refractivity contribution in [2.45, 2.75) is 13.1 Å². The first-order valence-corrected chi connectivity index (χ1v) is 3.93. The van der Waals surface area contributed by atoms with Gasteiger partial charge in [0, 0.05) is 19.7 Å². The number of carbonyl (C=O) groups is 1. The zero-order valence-corrected chi connectivity index (χ0v) is 6.85. The van der Waals surface area contributed by atoms with Crippen LogP contribution in [-0.4, -0.2) is 18.5 Å². The van der Waals surface area contributed by atoms with E-state index in [-0.39, 0.29) is 13.4 Å². The van der Waals surface area contributed by atoms with Gasteiger partial charge in [-0.2, -0.15) is 0 Å². The van der Waals surface area contributed by atoms with Crippen LogP contribution in [0.2, 0.25) is 0 Å². The van der Waals surface area contributed by atoms with E-state index in [1.165, 1.54) is 5.57 Å². The molecule has 2 aliphatic heterocycles. The molecule has 0 saturated carbocycles. The third kappa shape index (κ3) is 1.15. The second-order valence-corrected chi connectivity index (χ2v) is 2.97. The van der Waals surface area contributed by atoms with Crippen LogP contribution in [0.25, 0.3) is 0 Å². The highest BCUT2D eigenvalue weighted by Crippen LogP contribution is 2.13. The van der Waals surface area contributed by atoms with Crippen molar-refractivity contribution >= 4 is 5.78 Å². The molecule has 1 fully saturated rings. The smallest absolute Gasteiger partial charge is 0.161 e. The number of dihydropyridines is 1. The number of rotatable bonds is 1. The number of allylic oxidation sites excluding steroid dienone is 2. The maximum atomic E-state index is 11.0.